The minimum Gasteiger partial charge on any atom is -0.444 e. The van der Waals surface area contributed by atoms with Gasteiger partial charge in [0.25, 0.3) is 11.8 Å². The van der Waals surface area contributed by atoms with Crippen LogP contribution in [-0.2, 0) is 18.9 Å². The molecule has 20 nitrogen and oxygen atoms in total. The van der Waals surface area contributed by atoms with E-state index in [1.54, 1.807) is 117 Å². The Bertz CT molecular complexity index is 2470. The standard InChI is InChI=1S/C50H67ClN10O10/c1-47(2,3)68-43(64)54-41(55-44(65)69-48(4,5)6)60-27-23-58(24-28-60)35-18-14-33(15-19-35)52-39(62)32-13-22-37(38(51)31-32)40(63)53-34-16-20-36(21-17-34)59-25-29-61(30-26-59)42(56-45(66)70-49(7,8)9)57-46(67)71-50(10,11)12/h13-22,31H,23-30H2,1-12H3,(H,52,62)(H,53,63)(H,54,55,64,65)(H,56,57,66,67). The molecule has 0 unspecified atom stereocenters. The van der Waals surface area contributed by atoms with Crippen LogP contribution in [0.25, 0.3) is 0 Å². The fraction of sp³-hybridized carbons (Fsp3) is 0.480. The molecule has 2 fully saturated rings. The highest BCUT2D eigenvalue weighted by atomic mass is 35.5. The van der Waals surface area contributed by atoms with E-state index < -0.39 is 58.6 Å². The van der Waals surface area contributed by atoms with Crippen molar-refractivity contribution in [3.05, 3.63) is 82.9 Å². The summed E-state index contributed by atoms with van der Waals surface area (Å²) in [5.41, 5.74) is 0.227. The van der Waals surface area contributed by atoms with Gasteiger partial charge in [-0.15, -0.1) is 9.98 Å². The number of anilines is 4. The summed E-state index contributed by atoms with van der Waals surface area (Å²) in [5.74, 6) is -0.807. The smallest absolute Gasteiger partial charge is 0.437 e. The second-order valence-corrected chi connectivity index (χ2v) is 21.1. The molecule has 3 aromatic carbocycles. The lowest BCUT2D eigenvalue weighted by Crippen LogP contribution is -2.54. The monoisotopic (exact) mass is 1000 g/mol. The van der Waals surface area contributed by atoms with Gasteiger partial charge in [0.2, 0.25) is 11.9 Å². The molecule has 2 aliphatic heterocycles. The Balaban J connectivity index is 1.13. The molecule has 21 heteroatoms. The molecule has 6 amide bonds. The Hall–Kier alpha value is -7.09. The van der Waals surface area contributed by atoms with Gasteiger partial charge in [-0.2, -0.15) is 0 Å². The number of amides is 6. The van der Waals surface area contributed by atoms with E-state index in [1.165, 1.54) is 18.2 Å². The predicted molar refractivity (Wildman–Crippen MR) is 274 cm³/mol. The number of ether oxygens (including phenoxy) is 4. The highest BCUT2D eigenvalue weighted by molar-refractivity contribution is 6.35. The lowest BCUT2D eigenvalue weighted by atomic mass is 10.1. The quantitative estimate of drug-likeness (QED) is 0.103. The molecule has 384 valence electrons. The van der Waals surface area contributed by atoms with Gasteiger partial charge in [-0.3, -0.25) is 20.2 Å². The van der Waals surface area contributed by atoms with E-state index in [-0.39, 0.29) is 28.1 Å². The van der Waals surface area contributed by atoms with Crippen LogP contribution < -0.4 is 31.1 Å². The zero-order chi connectivity index (χ0) is 52.5. The van der Waals surface area contributed by atoms with Gasteiger partial charge in [-0.1, -0.05) is 11.6 Å². The van der Waals surface area contributed by atoms with Crippen molar-refractivity contribution >= 4 is 82.5 Å². The average Bonchev–Trinajstić information content (AvgIpc) is 3.24. The van der Waals surface area contributed by atoms with Crippen molar-refractivity contribution in [3.8, 4) is 0 Å². The van der Waals surface area contributed by atoms with Crippen LogP contribution >= 0.6 is 11.6 Å². The van der Waals surface area contributed by atoms with Crippen molar-refractivity contribution in [2.75, 3.05) is 72.8 Å². The second-order valence-electron chi connectivity index (χ2n) is 20.7. The zero-order valence-electron chi connectivity index (χ0n) is 42.7. The van der Waals surface area contributed by atoms with Gasteiger partial charge in [0.1, 0.15) is 22.4 Å². The van der Waals surface area contributed by atoms with E-state index in [0.717, 1.165) is 11.4 Å². The molecule has 5 rings (SSSR count). The molecule has 0 aromatic heterocycles. The predicted octanol–water partition coefficient (Wildman–Crippen LogP) is 8.72. The molecule has 0 radical (unpaired) electrons. The summed E-state index contributed by atoms with van der Waals surface area (Å²) in [6.45, 7) is 24.6. The molecular weight excluding hydrogens is 936 g/mol. The van der Waals surface area contributed by atoms with Gasteiger partial charge < -0.3 is 49.2 Å². The topological polar surface area (TPSA) is 225 Å². The minimum atomic E-state index is -0.838. The Morgan fingerprint density at radius 1 is 0.479 bits per heavy atom. The number of alkyl carbamates (subject to hydrolysis) is 2. The fourth-order valence-electron chi connectivity index (χ4n) is 6.99. The lowest BCUT2D eigenvalue weighted by Gasteiger charge is -2.37. The van der Waals surface area contributed by atoms with Crippen molar-refractivity contribution in [2.45, 2.75) is 105 Å². The number of rotatable bonds is 6. The van der Waals surface area contributed by atoms with Gasteiger partial charge in [-0.25, -0.2) is 19.2 Å². The molecule has 4 N–H and O–H groups in total. The summed E-state index contributed by atoms with van der Waals surface area (Å²) in [6.07, 6.45) is -3.16. The molecule has 3 aromatic rings. The zero-order valence-corrected chi connectivity index (χ0v) is 43.4. The van der Waals surface area contributed by atoms with E-state index in [9.17, 15) is 28.8 Å². The number of carbonyl (C=O) groups is 6. The maximum absolute atomic E-state index is 13.3. The van der Waals surface area contributed by atoms with Gasteiger partial charge in [-0.05, 0) is 150 Å². The number of nitrogens with zero attached hydrogens (tertiary/aromatic N) is 6. The van der Waals surface area contributed by atoms with Gasteiger partial charge in [0.05, 0.1) is 10.6 Å². The molecular formula is C50H67ClN10O10. The fourth-order valence-corrected chi connectivity index (χ4v) is 7.26. The highest BCUT2D eigenvalue weighted by Crippen LogP contribution is 2.25. The third-order valence-corrected chi connectivity index (χ3v) is 10.3. The van der Waals surface area contributed by atoms with Crippen LogP contribution in [0.15, 0.2) is 76.7 Å². The third-order valence-electron chi connectivity index (χ3n) is 10.0. The molecule has 0 spiro atoms. The lowest BCUT2D eigenvalue weighted by molar-refractivity contribution is 0.0535. The molecule has 0 aliphatic carbocycles. The number of hydrogen-bond acceptors (Lipinski definition) is 12. The molecule has 0 atom stereocenters. The number of carbonyl (C=O) groups excluding carboxylic acids is 6. The molecule has 0 bridgehead atoms. The van der Waals surface area contributed by atoms with E-state index in [2.05, 4.69) is 41.1 Å². The molecule has 71 heavy (non-hydrogen) atoms. The molecule has 2 saturated heterocycles. The number of hydrogen-bond donors (Lipinski definition) is 4. The molecule has 2 aliphatic rings. The minimum absolute atomic E-state index is 0.0349. The van der Waals surface area contributed by atoms with Crippen LogP contribution in [0.5, 0.6) is 0 Å². The Kier molecular flexibility index (Phi) is 17.6. The van der Waals surface area contributed by atoms with Crippen molar-refractivity contribution < 1.29 is 47.7 Å². The van der Waals surface area contributed by atoms with Gasteiger partial charge in [0, 0.05) is 80.7 Å². The van der Waals surface area contributed by atoms with Crippen LogP contribution in [0, 0.1) is 0 Å². The van der Waals surface area contributed by atoms with Crippen molar-refractivity contribution in [2.24, 2.45) is 9.98 Å². The summed E-state index contributed by atoms with van der Waals surface area (Å²) in [5, 5.41) is 11.0. The first kappa shape index (κ1) is 54.8. The third kappa shape index (κ3) is 18.0. The normalized spacial score (nSPS) is 15.1. The number of guanidine groups is 2. The summed E-state index contributed by atoms with van der Waals surface area (Å²) in [7, 11) is 0. The maximum atomic E-state index is 13.3. The summed E-state index contributed by atoms with van der Waals surface area (Å²) in [6, 6.07) is 19.1. The van der Waals surface area contributed by atoms with Gasteiger partial charge >= 0.3 is 24.4 Å². The Morgan fingerprint density at radius 3 is 1.17 bits per heavy atom. The first-order valence-electron chi connectivity index (χ1n) is 23.2. The first-order chi connectivity index (χ1) is 33.0. The van der Waals surface area contributed by atoms with Crippen LogP contribution in [0.4, 0.5) is 41.9 Å². The molecule has 0 saturated carbocycles. The van der Waals surface area contributed by atoms with E-state index >= 15 is 0 Å². The average molecular weight is 1000 g/mol. The van der Waals surface area contributed by atoms with E-state index in [1.807, 2.05) is 24.3 Å². The summed E-state index contributed by atoms with van der Waals surface area (Å²) >= 11 is 6.57. The van der Waals surface area contributed by atoms with Crippen molar-refractivity contribution in [1.82, 2.24) is 20.4 Å². The maximum Gasteiger partial charge on any atom is 0.437 e. The summed E-state index contributed by atoms with van der Waals surface area (Å²) < 4.78 is 21.5. The highest BCUT2D eigenvalue weighted by Gasteiger charge is 2.29. The van der Waals surface area contributed by atoms with Crippen LogP contribution in [0.3, 0.4) is 0 Å². The van der Waals surface area contributed by atoms with Crippen LogP contribution in [0.1, 0.15) is 104 Å². The van der Waals surface area contributed by atoms with Gasteiger partial charge in [0.15, 0.2) is 0 Å². The van der Waals surface area contributed by atoms with Crippen LogP contribution in [-0.4, -0.2) is 133 Å². The second kappa shape index (κ2) is 22.8. The van der Waals surface area contributed by atoms with Crippen molar-refractivity contribution in [3.63, 3.8) is 0 Å². The Morgan fingerprint density at radius 2 is 0.831 bits per heavy atom. The number of piperazine rings is 2. The summed E-state index contributed by atoms with van der Waals surface area (Å²) in [4.78, 5) is 93.1. The first-order valence-corrected chi connectivity index (χ1v) is 23.6. The van der Waals surface area contributed by atoms with E-state index in [4.69, 9.17) is 30.5 Å². The van der Waals surface area contributed by atoms with E-state index in [0.29, 0.717) is 63.7 Å². The Labute approximate surface area is 420 Å². The number of benzene rings is 3. The largest absolute Gasteiger partial charge is 0.444 e. The SMILES string of the molecule is CC(C)(C)OC(=O)/N=C(/NC(=O)OC(C)(C)C)N1CCN(c2ccc(NC(=O)c3ccc(C(=O)Nc4ccc(N5CCN(/C(=N\C(=O)OC(C)(C)C)NC(=O)OC(C)(C)C)CC5)cc4)c(Cl)c3)cc2)CC1. The van der Waals surface area contributed by atoms with Crippen molar-refractivity contribution in [1.29, 1.82) is 0 Å². The number of aliphatic imine (C=N–C) groups is 2. The number of halogens is 1. The molecule has 2 heterocycles. The number of nitrogens with one attached hydrogen (secondary N) is 4. The van der Waals surface area contributed by atoms with Crippen LogP contribution in [0.2, 0.25) is 5.02 Å².